The van der Waals surface area contributed by atoms with Gasteiger partial charge in [-0.3, -0.25) is 4.90 Å². The third-order valence-electron chi connectivity index (χ3n) is 5.40. The van der Waals surface area contributed by atoms with Gasteiger partial charge in [0.05, 0.1) is 46.4 Å². The number of nitrogens with zero attached hydrogens (tertiary/aromatic N) is 2. The van der Waals surface area contributed by atoms with E-state index in [1.807, 2.05) is 11.8 Å². The minimum atomic E-state index is -0.136. The van der Waals surface area contributed by atoms with Gasteiger partial charge in [-0.1, -0.05) is 58.3 Å². The first kappa shape index (κ1) is 21.3. The number of amides is 1. The number of rotatable bonds is 12. The zero-order valence-corrected chi connectivity index (χ0v) is 16.5. The Hall–Kier alpha value is -0.770. The fourth-order valence-corrected chi connectivity index (χ4v) is 3.55. The molecule has 1 aliphatic rings. The van der Waals surface area contributed by atoms with E-state index in [1.165, 1.54) is 70.8 Å². The van der Waals surface area contributed by atoms with Crippen molar-refractivity contribution in [2.24, 2.45) is 0 Å². The number of quaternary nitrogens is 1. The second kappa shape index (κ2) is 12.6. The Kier molecular flexibility index (Phi) is 11.1. The minimum Gasteiger partial charge on any atom is -0.450 e. The SMILES string of the molecule is CCCCCCCCCCCC[N+]1(C)CCN(C(=O)OCC)CC1. The average molecular weight is 342 g/mol. The van der Waals surface area contributed by atoms with Crippen molar-refractivity contribution >= 4 is 6.09 Å². The molecule has 0 N–H and O–H groups in total. The van der Waals surface area contributed by atoms with Gasteiger partial charge < -0.3 is 9.22 Å². The molecule has 0 radical (unpaired) electrons. The van der Waals surface area contributed by atoms with Gasteiger partial charge in [-0.15, -0.1) is 0 Å². The third kappa shape index (κ3) is 8.91. The molecule has 1 amide bonds. The molecule has 1 rings (SSSR count). The molecular weight excluding hydrogens is 300 g/mol. The molecule has 24 heavy (non-hydrogen) atoms. The van der Waals surface area contributed by atoms with Crippen LogP contribution < -0.4 is 0 Å². The van der Waals surface area contributed by atoms with Crippen LogP contribution in [0.25, 0.3) is 0 Å². The van der Waals surface area contributed by atoms with Crippen LogP contribution in [0.3, 0.4) is 0 Å². The highest BCUT2D eigenvalue weighted by Crippen LogP contribution is 2.15. The van der Waals surface area contributed by atoms with Gasteiger partial charge in [0.25, 0.3) is 0 Å². The van der Waals surface area contributed by atoms with Crippen molar-refractivity contribution in [3.63, 3.8) is 0 Å². The minimum absolute atomic E-state index is 0.136. The summed E-state index contributed by atoms with van der Waals surface area (Å²) in [5, 5.41) is 0. The summed E-state index contributed by atoms with van der Waals surface area (Å²) >= 11 is 0. The number of ether oxygens (including phenoxy) is 1. The number of carbonyl (C=O) groups excluding carboxylic acids is 1. The molecule has 142 valence electrons. The highest BCUT2D eigenvalue weighted by Gasteiger charge is 2.30. The summed E-state index contributed by atoms with van der Waals surface area (Å²) in [4.78, 5) is 13.6. The van der Waals surface area contributed by atoms with Gasteiger partial charge in [0.15, 0.2) is 0 Å². The van der Waals surface area contributed by atoms with Crippen LogP contribution in [-0.2, 0) is 4.74 Å². The summed E-state index contributed by atoms with van der Waals surface area (Å²) < 4.78 is 6.21. The summed E-state index contributed by atoms with van der Waals surface area (Å²) in [6.45, 7) is 9.69. The number of likely N-dealkylation sites (N-methyl/N-ethyl adjacent to an activating group) is 1. The molecule has 0 atom stereocenters. The Morgan fingerprint density at radius 1 is 0.875 bits per heavy atom. The lowest BCUT2D eigenvalue weighted by molar-refractivity contribution is -0.913. The zero-order valence-electron chi connectivity index (χ0n) is 16.5. The lowest BCUT2D eigenvalue weighted by Gasteiger charge is -2.41. The molecule has 0 saturated carbocycles. The number of hydrogen-bond donors (Lipinski definition) is 0. The van der Waals surface area contributed by atoms with Crippen molar-refractivity contribution in [2.75, 3.05) is 46.4 Å². The van der Waals surface area contributed by atoms with E-state index >= 15 is 0 Å². The predicted molar refractivity (Wildman–Crippen MR) is 101 cm³/mol. The second-order valence-corrected chi connectivity index (χ2v) is 7.66. The molecule has 0 bridgehead atoms. The maximum atomic E-state index is 11.7. The van der Waals surface area contributed by atoms with Gasteiger partial charge in [-0.2, -0.15) is 0 Å². The molecule has 0 aliphatic carbocycles. The first-order chi connectivity index (χ1) is 11.6. The largest absolute Gasteiger partial charge is 0.450 e. The Morgan fingerprint density at radius 2 is 1.38 bits per heavy atom. The topological polar surface area (TPSA) is 29.5 Å². The van der Waals surface area contributed by atoms with Gasteiger partial charge in [0, 0.05) is 0 Å². The standard InChI is InChI=1S/C20H41N2O2/c1-4-6-7-8-9-10-11-12-13-14-17-22(3)18-15-21(16-19-22)20(23)24-5-2/h4-19H2,1-3H3/q+1. The molecule has 0 spiro atoms. The molecule has 0 aromatic carbocycles. The van der Waals surface area contributed by atoms with Gasteiger partial charge in [0.1, 0.15) is 0 Å². The monoisotopic (exact) mass is 341 g/mol. The van der Waals surface area contributed by atoms with E-state index in [2.05, 4.69) is 14.0 Å². The predicted octanol–water partition coefficient (Wildman–Crippen LogP) is 4.83. The summed E-state index contributed by atoms with van der Waals surface area (Å²) in [5.41, 5.74) is 0. The Labute approximate surface area is 150 Å². The van der Waals surface area contributed by atoms with E-state index in [4.69, 9.17) is 4.74 Å². The van der Waals surface area contributed by atoms with Gasteiger partial charge in [-0.25, -0.2) is 4.79 Å². The average Bonchev–Trinajstić information content (AvgIpc) is 2.57. The maximum Gasteiger partial charge on any atom is 0.410 e. The smallest absolute Gasteiger partial charge is 0.410 e. The van der Waals surface area contributed by atoms with Gasteiger partial charge in [0.2, 0.25) is 0 Å². The quantitative estimate of drug-likeness (QED) is 0.376. The van der Waals surface area contributed by atoms with Crippen molar-refractivity contribution in [3.8, 4) is 0 Å². The highest BCUT2D eigenvalue weighted by molar-refractivity contribution is 5.67. The van der Waals surface area contributed by atoms with E-state index in [9.17, 15) is 4.79 Å². The van der Waals surface area contributed by atoms with Crippen LogP contribution in [0.5, 0.6) is 0 Å². The Balaban J connectivity index is 2.00. The van der Waals surface area contributed by atoms with Crippen molar-refractivity contribution in [1.29, 1.82) is 0 Å². The molecule has 1 saturated heterocycles. The lowest BCUT2D eigenvalue weighted by Crippen LogP contribution is -2.58. The van der Waals surface area contributed by atoms with E-state index in [1.54, 1.807) is 0 Å². The summed E-state index contributed by atoms with van der Waals surface area (Å²) in [6, 6.07) is 0. The molecule has 1 heterocycles. The number of carbonyl (C=O) groups is 1. The first-order valence-corrected chi connectivity index (χ1v) is 10.4. The van der Waals surface area contributed by atoms with E-state index < -0.39 is 0 Å². The van der Waals surface area contributed by atoms with Crippen molar-refractivity contribution in [3.05, 3.63) is 0 Å². The maximum absolute atomic E-state index is 11.7. The van der Waals surface area contributed by atoms with Crippen LogP contribution >= 0.6 is 0 Å². The van der Waals surface area contributed by atoms with E-state index in [0.717, 1.165) is 30.7 Å². The van der Waals surface area contributed by atoms with Crippen LogP contribution in [0.15, 0.2) is 0 Å². The third-order valence-corrected chi connectivity index (χ3v) is 5.40. The number of unbranched alkanes of at least 4 members (excludes halogenated alkanes) is 9. The number of piperazine rings is 1. The summed E-state index contributed by atoms with van der Waals surface area (Å²) in [7, 11) is 2.34. The van der Waals surface area contributed by atoms with Crippen molar-refractivity contribution in [2.45, 2.75) is 78.1 Å². The zero-order chi connectivity index (χ0) is 17.7. The fraction of sp³-hybridized carbons (Fsp3) is 0.950. The van der Waals surface area contributed by atoms with E-state index in [-0.39, 0.29) is 6.09 Å². The van der Waals surface area contributed by atoms with Crippen LogP contribution in [0.1, 0.15) is 78.1 Å². The summed E-state index contributed by atoms with van der Waals surface area (Å²) in [6.07, 6.45) is 13.8. The van der Waals surface area contributed by atoms with Crippen LogP contribution in [0.4, 0.5) is 4.79 Å². The second-order valence-electron chi connectivity index (χ2n) is 7.66. The molecule has 4 heteroatoms. The van der Waals surface area contributed by atoms with Crippen LogP contribution in [0, 0.1) is 0 Å². The molecule has 4 nitrogen and oxygen atoms in total. The lowest BCUT2D eigenvalue weighted by atomic mass is 10.1. The molecule has 0 unspecified atom stereocenters. The number of hydrogen-bond acceptors (Lipinski definition) is 2. The summed E-state index contributed by atoms with van der Waals surface area (Å²) in [5.74, 6) is 0. The van der Waals surface area contributed by atoms with Gasteiger partial charge >= 0.3 is 6.09 Å². The van der Waals surface area contributed by atoms with Crippen LogP contribution in [-0.4, -0.2) is 61.9 Å². The Bertz CT molecular complexity index is 326. The molecular formula is C20H41N2O2+. The van der Waals surface area contributed by atoms with Crippen molar-refractivity contribution in [1.82, 2.24) is 4.90 Å². The van der Waals surface area contributed by atoms with Crippen LogP contribution in [0.2, 0.25) is 0 Å². The van der Waals surface area contributed by atoms with Crippen molar-refractivity contribution < 1.29 is 14.0 Å². The highest BCUT2D eigenvalue weighted by atomic mass is 16.6. The normalized spacial score (nSPS) is 17.0. The molecule has 0 aromatic rings. The Morgan fingerprint density at radius 3 is 1.88 bits per heavy atom. The first-order valence-electron chi connectivity index (χ1n) is 10.4. The molecule has 1 fully saturated rings. The van der Waals surface area contributed by atoms with Gasteiger partial charge in [-0.05, 0) is 19.8 Å². The molecule has 0 aromatic heterocycles. The van der Waals surface area contributed by atoms with E-state index in [0.29, 0.717) is 6.61 Å². The fourth-order valence-electron chi connectivity index (χ4n) is 3.55. The molecule has 1 aliphatic heterocycles.